The van der Waals surface area contributed by atoms with Crippen LogP contribution in [0.4, 0.5) is 0 Å². The van der Waals surface area contributed by atoms with E-state index >= 15 is 0 Å². The van der Waals surface area contributed by atoms with Crippen LogP contribution in [0.1, 0.15) is 451 Å². The number of ether oxygens (including phenoxy) is 5. The Hall–Kier alpha value is -2.65. The summed E-state index contributed by atoms with van der Waals surface area (Å²) in [5.41, 5.74) is -2.40. The molecule has 0 spiro atoms. The fraction of sp³-hybridized carbons (Fsp3) is 0.949. The van der Waals surface area contributed by atoms with E-state index in [1.54, 1.807) is 0 Å². The number of rotatable bonds is 17. The molecule has 8 unspecified atom stereocenters. The van der Waals surface area contributed by atoms with E-state index in [1.807, 2.05) is 69.2 Å². The van der Waals surface area contributed by atoms with Gasteiger partial charge in [-0.15, -0.1) is 0 Å². The van der Waals surface area contributed by atoms with E-state index in [0.29, 0.717) is 17.8 Å². The van der Waals surface area contributed by atoms with Crippen LogP contribution in [0.25, 0.3) is 0 Å². The van der Waals surface area contributed by atoms with Gasteiger partial charge in [0.25, 0.3) is 0 Å². The Kier molecular flexibility index (Phi) is 40.1. The quantitative estimate of drug-likeness (QED) is 0.102. The molecule has 16 fully saturated rings. The Balaban J connectivity index is 0. The highest BCUT2D eigenvalue weighted by Gasteiger charge is 2.66. The molecule has 0 aromatic rings. The lowest BCUT2D eigenvalue weighted by Gasteiger charge is -2.61. The molecular weight excluding hydrogens is 1340 g/mol. The van der Waals surface area contributed by atoms with Crippen LogP contribution in [0.2, 0.25) is 0 Å². The molecule has 108 heavy (non-hydrogen) atoms. The minimum Gasteiger partial charge on any atom is -0.459 e. The third-order valence-electron chi connectivity index (χ3n) is 31.9. The summed E-state index contributed by atoms with van der Waals surface area (Å²) in [5, 5.41) is 0. The summed E-state index contributed by atoms with van der Waals surface area (Å²) in [5.74, 6) is 11.5. The first-order valence-electron chi connectivity index (χ1n) is 41.6. The van der Waals surface area contributed by atoms with Gasteiger partial charge in [-0.1, -0.05) is 154 Å². The Labute approximate surface area is 674 Å². The highest BCUT2D eigenvalue weighted by molar-refractivity contribution is 5.78. The molecule has 8 atom stereocenters. The van der Waals surface area contributed by atoms with Crippen molar-refractivity contribution >= 4 is 29.8 Å². The van der Waals surface area contributed by atoms with Gasteiger partial charge in [-0.3, -0.25) is 24.0 Å². The average molecular weight is 1530 g/mol. The van der Waals surface area contributed by atoms with Crippen molar-refractivity contribution < 1.29 is 47.7 Å². The van der Waals surface area contributed by atoms with Gasteiger partial charge in [0.2, 0.25) is 0 Å². The summed E-state index contributed by atoms with van der Waals surface area (Å²) in [6, 6.07) is 0. The van der Waals surface area contributed by atoms with Gasteiger partial charge in [0.1, 0.15) is 28.0 Å². The molecule has 16 aliphatic rings. The van der Waals surface area contributed by atoms with E-state index in [9.17, 15) is 24.0 Å². The topological polar surface area (TPSA) is 132 Å². The fourth-order valence-electron chi connectivity index (χ4n) is 23.2. The largest absolute Gasteiger partial charge is 0.459 e. The van der Waals surface area contributed by atoms with Crippen molar-refractivity contribution in [1.82, 2.24) is 0 Å². The van der Waals surface area contributed by atoms with Crippen LogP contribution in [0, 0.1) is 121 Å². The molecule has 0 amide bonds. The lowest BCUT2D eigenvalue weighted by molar-refractivity contribution is -0.211. The van der Waals surface area contributed by atoms with Crippen molar-refractivity contribution in [3.05, 3.63) is 0 Å². The highest BCUT2D eigenvalue weighted by atomic mass is 16.6. The molecule has 16 saturated carbocycles. The summed E-state index contributed by atoms with van der Waals surface area (Å²) in [7, 11) is 0. The van der Waals surface area contributed by atoms with Gasteiger partial charge in [-0.2, -0.15) is 0 Å². The minimum atomic E-state index is -0.362. The zero-order valence-electron chi connectivity index (χ0n) is 67.4. The maximum Gasteiger partial charge on any atom is 0.312 e. The molecule has 0 radical (unpaired) electrons. The van der Waals surface area contributed by atoms with Crippen LogP contribution in [-0.4, -0.2) is 57.9 Å². The molecule has 0 heterocycles. The Morgan fingerprint density at radius 1 is 0.315 bits per heavy atom. The molecule has 0 aliphatic heterocycles. The summed E-state index contributed by atoms with van der Waals surface area (Å²) < 4.78 is 30.4. The van der Waals surface area contributed by atoms with Crippen LogP contribution < -0.4 is 0 Å². The Bertz CT molecular complexity index is 2680. The molecule has 16 aliphatic carbocycles. The van der Waals surface area contributed by atoms with E-state index in [1.165, 1.54) is 173 Å². The van der Waals surface area contributed by atoms with Crippen molar-refractivity contribution in [2.75, 3.05) is 0 Å². The van der Waals surface area contributed by atoms with Crippen LogP contribution >= 0.6 is 0 Å². The van der Waals surface area contributed by atoms with E-state index in [2.05, 4.69) is 83.1 Å². The number of hydrogen-bond donors (Lipinski definition) is 0. The van der Waals surface area contributed by atoms with E-state index in [4.69, 9.17) is 23.7 Å². The predicted molar refractivity (Wildman–Crippen MR) is 464 cm³/mol. The first-order valence-corrected chi connectivity index (χ1v) is 41.6. The van der Waals surface area contributed by atoms with Crippen LogP contribution in [0.15, 0.2) is 0 Å². The monoisotopic (exact) mass is 1530 g/mol. The first-order chi connectivity index (χ1) is 45.5. The van der Waals surface area contributed by atoms with Crippen molar-refractivity contribution in [3.8, 4) is 0 Å². The highest BCUT2D eigenvalue weighted by Crippen LogP contribution is 2.70. The predicted octanol–water partition coefficient (Wildman–Crippen LogP) is 29.5. The number of hydrogen-bond acceptors (Lipinski definition) is 10. The Morgan fingerprint density at radius 2 is 0.639 bits per heavy atom. The molecular formula is C98H190O10. The van der Waals surface area contributed by atoms with Crippen molar-refractivity contribution in [3.63, 3.8) is 0 Å². The molecule has 642 valence electrons. The summed E-state index contributed by atoms with van der Waals surface area (Å²) in [6.07, 6.45) is 43.6. The average Bonchev–Trinajstić information content (AvgIpc) is 1.45. The number of esters is 5. The van der Waals surface area contributed by atoms with Gasteiger partial charge in [0.05, 0.1) is 27.1 Å². The first kappa shape index (κ1) is 107. The van der Waals surface area contributed by atoms with Gasteiger partial charge in [0.15, 0.2) is 0 Å². The van der Waals surface area contributed by atoms with Gasteiger partial charge in [-0.25, -0.2) is 0 Å². The van der Waals surface area contributed by atoms with Gasteiger partial charge in [0, 0.05) is 16.7 Å². The molecule has 0 N–H and O–H groups in total. The summed E-state index contributed by atoms with van der Waals surface area (Å²) >= 11 is 0. The minimum absolute atomic E-state index is 0. The molecule has 12 bridgehead atoms. The van der Waals surface area contributed by atoms with Gasteiger partial charge >= 0.3 is 29.8 Å². The lowest BCUT2D eigenvalue weighted by atomic mass is 9.46. The van der Waals surface area contributed by atoms with Gasteiger partial charge < -0.3 is 23.7 Å². The van der Waals surface area contributed by atoms with Crippen molar-refractivity contribution in [2.24, 2.45) is 121 Å². The Morgan fingerprint density at radius 3 is 1.06 bits per heavy atom. The van der Waals surface area contributed by atoms with Crippen LogP contribution in [-0.2, 0) is 47.7 Å². The zero-order chi connectivity index (χ0) is 72.3. The maximum absolute atomic E-state index is 12.6. The molecule has 10 nitrogen and oxygen atoms in total. The molecule has 16 rings (SSSR count). The second kappa shape index (κ2) is 40.3. The number of carbonyl (C=O) groups is 5. The second-order valence-electron chi connectivity index (χ2n) is 41.4. The van der Waals surface area contributed by atoms with E-state index in [0.717, 1.165) is 116 Å². The zero-order valence-corrected chi connectivity index (χ0v) is 67.4. The van der Waals surface area contributed by atoms with Crippen LogP contribution in [0.3, 0.4) is 0 Å². The van der Waals surface area contributed by atoms with Crippen LogP contribution in [0.5, 0.6) is 0 Å². The molecule has 0 saturated heterocycles. The third kappa shape index (κ3) is 22.7. The normalized spacial score (nSPS) is 35.1. The maximum atomic E-state index is 12.6. The summed E-state index contributed by atoms with van der Waals surface area (Å²) in [6.45, 7) is 45.6. The summed E-state index contributed by atoms with van der Waals surface area (Å²) in [4.78, 5) is 62.3. The van der Waals surface area contributed by atoms with Crippen molar-refractivity contribution in [1.29, 1.82) is 0 Å². The van der Waals surface area contributed by atoms with Crippen molar-refractivity contribution in [2.45, 2.75) is 479 Å². The number of fused-ring (bicyclic) bond motifs is 2. The van der Waals surface area contributed by atoms with Gasteiger partial charge in [-0.05, 0) is 374 Å². The smallest absolute Gasteiger partial charge is 0.312 e. The third-order valence-corrected chi connectivity index (χ3v) is 31.9. The SMILES string of the molecule is C.C.C.C.C.C.C.C.C.C.CCC(C)(C)C(=O)OC(C)(C)C12CC3CC(CC(C3)C1)C2.CCC(C)(C)C(=O)OC(C)(C)C12CC3CC(CC1C3)C2.CCC(C)(C)C(=O)OC1(C)C2CC3CC(C2)CC1C3.CCC(C)(C)C(=O)OC1(C)CCC2CCCCC2C1.CCC(C)(C)C(=O)OC1(C)CCCC2CCCCC21. The molecule has 0 aromatic carbocycles. The second-order valence-corrected chi connectivity index (χ2v) is 41.4. The number of carbonyl (C=O) groups excluding carboxylic acids is 5. The van der Waals surface area contributed by atoms with E-state index in [-0.39, 0.29) is 170 Å². The lowest BCUT2D eigenvalue weighted by Crippen LogP contribution is -2.58. The standard InChI is InChI=1S/C19H32O2.C18H30O2.C17H28O2.2C17H30O2.10CH4/c1-6-17(2,3)16(20)21-18(4,5)19-10-13-7-14(11-19)9-15(8-13)12-19;1-6-16(2,3)15(19)20-17(4,5)18-10-12-7-13(11-18)9-14(18)8-12;1-5-16(2,3)15(18)19-17(4)13-7-11-6-12(9-13)10-14(17)8-11;1-5-16(2,3)15(18)19-17(4)12-8-10-13-9-6-7-11-14(13)17;1-5-16(2,3)15(18)19-17(4)11-10-13-8-6-7-9-14(13)12-17;;;;;;;;;;/h13-15H,6-12H2,1-5H3;12-14H,6-11H2,1-5H3;11-14H,5-10H2,1-4H3;2*13-14H,5-12H2,1-4H3;10*1H4. The van der Waals surface area contributed by atoms with E-state index < -0.39 is 0 Å². The molecule has 0 aromatic heterocycles. The molecule has 10 heteroatoms. The fourth-order valence-corrected chi connectivity index (χ4v) is 23.2.